The van der Waals surface area contributed by atoms with Gasteiger partial charge in [0.15, 0.2) is 5.75 Å². The zero-order valence-electron chi connectivity index (χ0n) is 18.1. The third-order valence-corrected chi connectivity index (χ3v) is 5.85. The van der Waals surface area contributed by atoms with Gasteiger partial charge in [-0.15, -0.1) is 0 Å². The number of nitrogens with one attached hydrogen (secondary N) is 1. The number of carbonyl (C=O) groups is 2. The fourth-order valence-corrected chi connectivity index (χ4v) is 4.54. The number of hydrogen-bond acceptors (Lipinski definition) is 6. The van der Waals surface area contributed by atoms with Crippen molar-refractivity contribution in [2.24, 2.45) is 5.10 Å². The number of hydrogen-bond donors (Lipinski definition) is 1. The summed E-state index contributed by atoms with van der Waals surface area (Å²) < 4.78 is 25.3. The van der Waals surface area contributed by atoms with Gasteiger partial charge in [0, 0.05) is 15.6 Å². The molecule has 0 unspecified atom stereocenters. The summed E-state index contributed by atoms with van der Waals surface area (Å²) in [5, 5.41) is 8.02. The van der Waals surface area contributed by atoms with Gasteiger partial charge in [0.25, 0.3) is 5.91 Å². The second-order valence-corrected chi connectivity index (χ2v) is 9.00. The first-order chi connectivity index (χ1) is 16.8. The first-order valence-corrected chi connectivity index (χ1v) is 11.7. The Morgan fingerprint density at radius 2 is 1.86 bits per heavy atom. The van der Waals surface area contributed by atoms with Crippen LogP contribution in [0.5, 0.6) is 5.75 Å². The summed E-state index contributed by atoms with van der Waals surface area (Å²) in [6.07, 6.45) is 1.33. The molecule has 10 heteroatoms. The lowest BCUT2D eigenvalue weighted by atomic mass is 10.1. The predicted octanol–water partition coefficient (Wildman–Crippen LogP) is 6.30. The second-order valence-electron chi connectivity index (χ2n) is 7.23. The number of aryl methyl sites for hydroxylation is 1. The van der Waals surface area contributed by atoms with Gasteiger partial charge in [-0.2, -0.15) is 5.10 Å². The fraction of sp³-hybridized carbons (Fsp3) is 0.0400. The minimum atomic E-state index is -0.751. The summed E-state index contributed by atoms with van der Waals surface area (Å²) in [5.74, 6) is -1.35. The van der Waals surface area contributed by atoms with Crippen LogP contribution in [-0.2, 0) is 0 Å². The zero-order valence-corrected chi connectivity index (χ0v) is 21.3. The van der Waals surface area contributed by atoms with E-state index in [1.807, 2.05) is 30.3 Å². The number of aromatic nitrogens is 1. The van der Waals surface area contributed by atoms with Crippen LogP contribution < -0.4 is 10.2 Å². The molecule has 4 rings (SSSR count). The lowest BCUT2D eigenvalue weighted by Gasteiger charge is -2.10. The maximum Gasteiger partial charge on any atom is 0.343 e. The Morgan fingerprint density at radius 3 is 2.60 bits per heavy atom. The normalized spacial score (nSPS) is 11.0. The van der Waals surface area contributed by atoms with E-state index in [4.69, 9.17) is 9.26 Å². The molecule has 0 aliphatic carbocycles. The molecule has 0 radical (unpaired) electrons. The van der Waals surface area contributed by atoms with Crippen molar-refractivity contribution in [3.8, 4) is 17.0 Å². The smallest absolute Gasteiger partial charge is 0.343 e. The van der Waals surface area contributed by atoms with Gasteiger partial charge in [-0.1, -0.05) is 57.5 Å². The van der Waals surface area contributed by atoms with E-state index in [0.29, 0.717) is 26.0 Å². The molecule has 176 valence electrons. The molecule has 0 aliphatic rings. The molecule has 1 N–H and O–H groups in total. The molecule has 7 nitrogen and oxygen atoms in total. The van der Waals surface area contributed by atoms with Gasteiger partial charge in [-0.3, -0.25) is 4.79 Å². The van der Waals surface area contributed by atoms with Gasteiger partial charge in [-0.05, 0) is 53.2 Å². The van der Waals surface area contributed by atoms with E-state index in [1.54, 1.807) is 19.1 Å². The number of carbonyl (C=O) groups excluding carboxylic acids is 2. The maximum absolute atomic E-state index is 13.5. The van der Waals surface area contributed by atoms with Crippen molar-refractivity contribution >= 4 is 50.0 Å². The Bertz CT molecular complexity index is 1440. The zero-order chi connectivity index (χ0) is 24.9. The third kappa shape index (κ3) is 5.72. The molecule has 35 heavy (non-hydrogen) atoms. The lowest BCUT2D eigenvalue weighted by Crippen LogP contribution is -2.19. The Labute approximate surface area is 216 Å². The number of rotatable bonds is 6. The van der Waals surface area contributed by atoms with Crippen LogP contribution in [0.3, 0.4) is 0 Å². The summed E-state index contributed by atoms with van der Waals surface area (Å²) in [4.78, 5) is 25.4. The molecule has 0 saturated carbocycles. The summed E-state index contributed by atoms with van der Waals surface area (Å²) in [7, 11) is 0. The number of hydrazone groups is 1. The fourth-order valence-electron chi connectivity index (χ4n) is 3.20. The van der Waals surface area contributed by atoms with Crippen LogP contribution in [0.2, 0.25) is 0 Å². The Hall–Kier alpha value is -3.63. The van der Waals surface area contributed by atoms with Gasteiger partial charge in [-0.25, -0.2) is 14.6 Å². The minimum Gasteiger partial charge on any atom is -0.421 e. The van der Waals surface area contributed by atoms with Crippen LogP contribution >= 0.6 is 31.9 Å². The SMILES string of the molecule is Cc1onc(-c2ccccc2)c1C(=O)N/N=C\c1cc(Br)cc(Br)c1OC(=O)c1cccc(F)c1. The van der Waals surface area contributed by atoms with Gasteiger partial charge >= 0.3 is 5.97 Å². The largest absolute Gasteiger partial charge is 0.421 e. The molecule has 0 saturated heterocycles. The van der Waals surface area contributed by atoms with Crippen LogP contribution in [0.4, 0.5) is 4.39 Å². The molecule has 1 heterocycles. The van der Waals surface area contributed by atoms with E-state index in [2.05, 4.69) is 47.5 Å². The molecule has 0 bridgehead atoms. The molecule has 0 fully saturated rings. The van der Waals surface area contributed by atoms with Crippen molar-refractivity contribution in [1.29, 1.82) is 0 Å². The molecule has 3 aromatic carbocycles. The number of nitrogens with zero attached hydrogens (tertiary/aromatic N) is 2. The number of amides is 1. The van der Waals surface area contributed by atoms with Crippen molar-refractivity contribution in [3.63, 3.8) is 0 Å². The van der Waals surface area contributed by atoms with Crippen molar-refractivity contribution in [1.82, 2.24) is 10.6 Å². The third-order valence-electron chi connectivity index (χ3n) is 4.80. The van der Waals surface area contributed by atoms with Gasteiger partial charge < -0.3 is 9.26 Å². The minimum absolute atomic E-state index is 0.0485. The lowest BCUT2D eigenvalue weighted by molar-refractivity contribution is 0.0732. The van der Waals surface area contributed by atoms with E-state index in [-0.39, 0.29) is 16.9 Å². The summed E-state index contributed by atoms with van der Waals surface area (Å²) in [5.41, 5.74) is 4.25. The van der Waals surface area contributed by atoms with Crippen molar-refractivity contribution in [2.45, 2.75) is 6.92 Å². The topological polar surface area (TPSA) is 93.8 Å². The predicted molar refractivity (Wildman–Crippen MR) is 135 cm³/mol. The van der Waals surface area contributed by atoms with Crippen LogP contribution in [0.15, 0.2) is 85.3 Å². The average molecular weight is 601 g/mol. The van der Waals surface area contributed by atoms with E-state index in [0.717, 1.165) is 11.6 Å². The highest BCUT2D eigenvalue weighted by atomic mass is 79.9. The highest BCUT2D eigenvalue weighted by molar-refractivity contribution is 9.11. The monoisotopic (exact) mass is 599 g/mol. The van der Waals surface area contributed by atoms with Crippen LogP contribution in [-0.4, -0.2) is 23.2 Å². The molecular formula is C25H16Br2FN3O4. The second kappa shape index (κ2) is 10.7. The highest BCUT2D eigenvalue weighted by Crippen LogP contribution is 2.33. The quantitative estimate of drug-likeness (QED) is 0.121. The highest BCUT2D eigenvalue weighted by Gasteiger charge is 2.21. The van der Waals surface area contributed by atoms with Crippen molar-refractivity contribution < 1.29 is 23.2 Å². The van der Waals surface area contributed by atoms with E-state index < -0.39 is 17.7 Å². The summed E-state index contributed by atoms with van der Waals surface area (Å²) in [6, 6.07) is 17.6. The molecule has 1 aromatic heterocycles. The van der Waals surface area contributed by atoms with Crippen molar-refractivity contribution in [2.75, 3.05) is 0 Å². The van der Waals surface area contributed by atoms with E-state index >= 15 is 0 Å². The van der Waals surface area contributed by atoms with Crippen molar-refractivity contribution in [3.05, 3.63) is 104 Å². The number of esters is 1. The number of ether oxygens (including phenoxy) is 1. The number of halogens is 3. The van der Waals surface area contributed by atoms with E-state index in [9.17, 15) is 14.0 Å². The van der Waals surface area contributed by atoms with Crippen LogP contribution in [0.25, 0.3) is 11.3 Å². The Morgan fingerprint density at radius 1 is 1.09 bits per heavy atom. The molecule has 0 aliphatic heterocycles. The molecule has 4 aromatic rings. The van der Waals surface area contributed by atoms with E-state index in [1.165, 1.54) is 24.4 Å². The van der Waals surface area contributed by atoms with Gasteiger partial charge in [0.05, 0.1) is 16.3 Å². The standard InChI is InChI=1S/C25H16Br2FN3O4/c1-14-21(22(31-35-14)15-6-3-2-4-7-15)24(32)30-29-13-17-10-18(26)12-20(27)23(17)34-25(33)16-8-5-9-19(28)11-16/h2-13H,1H3,(H,30,32)/b29-13-. The Kier molecular flexibility index (Phi) is 7.52. The summed E-state index contributed by atoms with van der Waals surface area (Å²) >= 11 is 6.74. The first kappa shape index (κ1) is 24.5. The maximum atomic E-state index is 13.5. The van der Waals surface area contributed by atoms with Gasteiger partial charge in [0.2, 0.25) is 0 Å². The summed E-state index contributed by atoms with van der Waals surface area (Å²) in [6.45, 7) is 1.63. The molecule has 0 atom stereocenters. The first-order valence-electron chi connectivity index (χ1n) is 10.2. The van der Waals surface area contributed by atoms with Gasteiger partial charge in [0.1, 0.15) is 22.8 Å². The molecule has 0 spiro atoms. The number of benzene rings is 3. The van der Waals surface area contributed by atoms with Crippen LogP contribution in [0, 0.1) is 12.7 Å². The molecular weight excluding hydrogens is 585 g/mol. The molecule has 1 amide bonds. The average Bonchev–Trinajstić information content (AvgIpc) is 3.23. The Balaban J connectivity index is 1.57. The van der Waals surface area contributed by atoms with Crippen LogP contribution in [0.1, 0.15) is 32.0 Å².